The summed E-state index contributed by atoms with van der Waals surface area (Å²) < 4.78 is 33.7. The number of esters is 1. The number of fused-ring (bicyclic) bond motifs is 2. The SMILES string of the molecule is CC(OC(=O)Cn1c2ccccc2c(=O)c2ccccc21)C(=O)Nc1ccc(F)cc1F. The second kappa shape index (κ2) is 8.58. The van der Waals surface area contributed by atoms with E-state index in [0.29, 0.717) is 27.9 Å². The van der Waals surface area contributed by atoms with Crippen molar-refractivity contribution in [1.29, 1.82) is 0 Å². The lowest BCUT2D eigenvalue weighted by Gasteiger charge is -2.17. The lowest BCUT2D eigenvalue weighted by Crippen LogP contribution is -2.31. The number of amides is 1. The molecule has 4 aromatic rings. The first-order chi connectivity index (χ1) is 15.3. The molecule has 4 rings (SSSR count). The fourth-order valence-electron chi connectivity index (χ4n) is 3.49. The molecule has 1 aromatic heterocycles. The largest absolute Gasteiger partial charge is 0.451 e. The molecule has 3 aromatic carbocycles. The zero-order chi connectivity index (χ0) is 22.8. The third-order valence-corrected chi connectivity index (χ3v) is 5.03. The number of ether oxygens (including phenoxy) is 1. The van der Waals surface area contributed by atoms with Gasteiger partial charge in [-0.1, -0.05) is 24.3 Å². The van der Waals surface area contributed by atoms with Crippen LogP contribution in [0.1, 0.15) is 6.92 Å². The molecule has 0 spiro atoms. The normalized spacial score (nSPS) is 12.0. The summed E-state index contributed by atoms with van der Waals surface area (Å²) in [5, 5.41) is 3.18. The number of nitrogens with zero attached hydrogens (tertiary/aromatic N) is 1. The van der Waals surface area contributed by atoms with E-state index >= 15 is 0 Å². The van der Waals surface area contributed by atoms with Crippen LogP contribution in [0.25, 0.3) is 21.8 Å². The minimum Gasteiger partial charge on any atom is -0.451 e. The second-order valence-corrected chi connectivity index (χ2v) is 7.20. The van der Waals surface area contributed by atoms with Crippen LogP contribution >= 0.6 is 0 Å². The van der Waals surface area contributed by atoms with Crippen molar-refractivity contribution >= 4 is 39.4 Å². The van der Waals surface area contributed by atoms with Crippen LogP contribution in [-0.4, -0.2) is 22.5 Å². The molecule has 32 heavy (non-hydrogen) atoms. The van der Waals surface area contributed by atoms with Crippen LogP contribution in [0.5, 0.6) is 0 Å². The molecule has 1 atom stereocenters. The maximum absolute atomic E-state index is 13.8. The topological polar surface area (TPSA) is 77.4 Å². The predicted octanol–water partition coefficient (Wildman–Crippen LogP) is 4.00. The number of aromatic nitrogens is 1. The Balaban J connectivity index is 1.57. The number of nitrogens with one attached hydrogen (secondary N) is 1. The van der Waals surface area contributed by atoms with Crippen LogP contribution in [0, 0.1) is 11.6 Å². The van der Waals surface area contributed by atoms with Crippen LogP contribution in [0.4, 0.5) is 14.5 Å². The Kier molecular flexibility index (Phi) is 5.68. The van der Waals surface area contributed by atoms with Crippen LogP contribution < -0.4 is 10.7 Å². The van der Waals surface area contributed by atoms with E-state index in [-0.39, 0.29) is 17.7 Å². The van der Waals surface area contributed by atoms with Crippen LogP contribution in [0.3, 0.4) is 0 Å². The number of carbonyl (C=O) groups excluding carboxylic acids is 2. The number of hydrogen-bond acceptors (Lipinski definition) is 4. The van der Waals surface area contributed by atoms with Gasteiger partial charge in [-0.05, 0) is 43.3 Å². The number of carbonyl (C=O) groups is 2. The van der Waals surface area contributed by atoms with Gasteiger partial charge in [-0.15, -0.1) is 0 Å². The van der Waals surface area contributed by atoms with Crippen molar-refractivity contribution < 1.29 is 23.1 Å². The highest BCUT2D eigenvalue weighted by molar-refractivity contribution is 5.96. The third-order valence-electron chi connectivity index (χ3n) is 5.03. The molecule has 8 heteroatoms. The fourth-order valence-corrected chi connectivity index (χ4v) is 3.49. The molecule has 1 unspecified atom stereocenters. The molecule has 1 amide bonds. The van der Waals surface area contributed by atoms with Crippen molar-refractivity contribution in [3.63, 3.8) is 0 Å². The van der Waals surface area contributed by atoms with Gasteiger partial charge >= 0.3 is 5.97 Å². The van der Waals surface area contributed by atoms with Gasteiger partial charge in [-0.2, -0.15) is 0 Å². The zero-order valence-corrected chi connectivity index (χ0v) is 17.0. The Morgan fingerprint density at radius 1 is 0.969 bits per heavy atom. The Bertz CT molecular complexity index is 1350. The summed E-state index contributed by atoms with van der Waals surface area (Å²) >= 11 is 0. The van der Waals surface area contributed by atoms with E-state index in [2.05, 4.69) is 5.32 Å². The van der Waals surface area contributed by atoms with Gasteiger partial charge in [0.05, 0.1) is 16.7 Å². The van der Waals surface area contributed by atoms with Crippen molar-refractivity contribution in [3.8, 4) is 0 Å². The number of benzene rings is 3. The van der Waals surface area contributed by atoms with Crippen molar-refractivity contribution in [1.82, 2.24) is 4.57 Å². The van der Waals surface area contributed by atoms with Crippen molar-refractivity contribution in [2.24, 2.45) is 0 Å². The summed E-state index contributed by atoms with van der Waals surface area (Å²) in [7, 11) is 0. The van der Waals surface area contributed by atoms with Gasteiger partial charge in [-0.25, -0.2) is 8.78 Å². The molecule has 6 nitrogen and oxygen atoms in total. The molecule has 1 N–H and O–H groups in total. The summed E-state index contributed by atoms with van der Waals surface area (Å²) in [6, 6.07) is 16.5. The lowest BCUT2D eigenvalue weighted by atomic mass is 10.1. The summed E-state index contributed by atoms with van der Waals surface area (Å²) in [5.74, 6) is -3.20. The summed E-state index contributed by atoms with van der Waals surface area (Å²) in [6.45, 7) is 1.10. The van der Waals surface area contributed by atoms with Gasteiger partial charge in [0.1, 0.15) is 18.2 Å². The quantitative estimate of drug-likeness (QED) is 0.379. The standard InChI is InChI=1S/C24H18F2N2O4/c1-14(24(31)27-19-11-10-15(25)12-18(19)26)32-22(29)13-28-20-8-4-2-6-16(20)23(30)17-7-3-5-9-21(17)28/h2-12,14H,13H2,1H3,(H,27,31). The Hall–Kier alpha value is -4.07. The highest BCUT2D eigenvalue weighted by atomic mass is 19.1. The van der Waals surface area contributed by atoms with E-state index in [1.54, 1.807) is 53.1 Å². The van der Waals surface area contributed by atoms with Gasteiger partial charge in [0.2, 0.25) is 0 Å². The van der Waals surface area contributed by atoms with Crippen molar-refractivity contribution in [3.05, 3.63) is 88.6 Å². The van der Waals surface area contributed by atoms with Gasteiger partial charge in [0.25, 0.3) is 5.91 Å². The number of anilines is 1. The molecule has 0 saturated carbocycles. The van der Waals surface area contributed by atoms with Crippen molar-refractivity contribution in [2.75, 3.05) is 5.32 Å². The summed E-state index contributed by atoms with van der Waals surface area (Å²) in [6.07, 6.45) is -1.23. The zero-order valence-electron chi connectivity index (χ0n) is 17.0. The molecule has 162 valence electrons. The van der Waals surface area contributed by atoms with E-state index in [4.69, 9.17) is 4.74 Å². The molecule has 1 heterocycles. The first kappa shape index (κ1) is 21.2. The molecule has 0 bridgehead atoms. The maximum atomic E-state index is 13.8. The summed E-state index contributed by atoms with van der Waals surface area (Å²) in [5.41, 5.74) is 0.740. The van der Waals surface area contributed by atoms with E-state index in [1.807, 2.05) is 0 Å². The average Bonchev–Trinajstić information content (AvgIpc) is 2.78. The highest BCUT2D eigenvalue weighted by Crippen LogP contribution is 2.20. The van der Waals surface area contributed by atoms with Crippen LogP contribution in [0.2, 0.25) is 0 Å². The second-order valence-electron chi connectivity index (χ2n) is 7.20. The van der Waals surface area contributed by atoms with Gasteiger partial charge < -0.3 is 14.6 Å². The first-order valence-corrected chi connectivity index (χ1v) is 9.81. The smallest absolute Gasteiger partial charge is 0.326 e. The Morgan fingerprint density at radius 3 is 2.16 bits per heavy atom. The number of para-hydroxylation sites is 2. The van der Waals surface area contributed by atoms with E-state index in [0.717, 1.165) is 12.1 Å². The van der Waals surface area contributed by atoms with Crippen LogP contribution in [-0.2, 0) is 20.9 Å². The number of pyridine rings is 1. The molecular weight excluding hydrogens is 418 g/mol. The van der Waals surface area contributed by atoms with Crippen LogP contribution in [0.15, 0.2) is 71.5 Å². The fraction of sp³-hybridized carbons (Fsp3) is 0.125. The number of halogens is 2. The maximum Gasteiger partial charge on any atom is 0.326 e. The lowest BCUT2D eigenvalue weighted by molar-refractivity contribution is -0.153. The monoisotopic (exact) mass is 436 g/mol. The molecular formula is C24H18F2N2O4. The molecule has 0 saturated heterocycles. The van der Waals surface area contributed by atoms with Gasteiger partial charge in [0.15, 0.2) is 11.5 Å². The van der Waals surface area contributed by atoms with Gasteiger partial charge in [-0.3, -0.25) is 14.4 Å². The average molecular weight is 436 g/mol. The predicted molar refractivity (Wildman–Crippen MR) is 116 cm³/mol. The Labute approximate surface area is 181 Å². The van der Waals surface area contributed by atoms with Crippen molar-refractivity contribution in [2.45, 2.75) is 19.6 Å². The van der Waals surface area contributed by atoms with Gasteiger partial charge in [0, 0.05) is 16.8 Å². The molecule has 0 aliphatic rings. The number of rotatable bonds is 5. The summed E-state index contributed by atoms with van der Waals surface area (Å²) in [4.78, 5) is 37.7. The van der Waals surface area contributed by atoms with E-state index in [9.17, 15) is 23.2 Å². The molecule has 0 aliphatic carbocycles. The molecule has 0 aliphatic heterocycles. The highest BCUT2D eigenvalue weighted by Gasteiger charge is 2.21. The molecule has 0 radical (unpaired) electrons. The minimum atomic E-state index is -1.23. The third kappa shape index (κ3) is 4.07. The number of hydrogen-bond donors (Lipinski definition) is 1. The van der Waals surface area contributed by atoms with E-state index in [1.165, 1.54) is 6.92 Å². The first-order valence-electron chi connectivity index (χ1n) is 9.81. The van der Waals surface area contributed by atoms with E-state index < -0.39 is 29.6 Å². The minimum absolute atomic E-state index is 0.144. The molecule has 0 fully saturated rings. The Morgan fingerprint density at radius 2 is 1.56 bits per heavy atom.